The second kappa shape index (κ2) is 7.17. The van der Waals surface area contributed by atoms with E-state index in [1.54, 1.807) is 12.1 Å². The van der Waals surface area contributed by atoms with Gasteiger partial charge in [0.1, 0.15) is 30.8 Å². The van der Waals surface area contributed by atoms with Crippen LogP contribution in [0.2, 0.25) is 0 Å². The van der Waals surface area contributed by atoms with E-state index in [9.17, 15) is 5.11 Å². The summed E-state index contributed by atoms with van der Waals surface area (Å²) in [5.41, 5.74) is 6.29. The molecule has 5 heteroatoms. The lowest BCUT2D eigenvalue weighted by atomic mass is 10.3. The van der Waals surface area contributed by atoms with Gasteiger partial charge in [0.2, 0.25) is 0 Å². The fraction of sp³-hybridized carbons (Fsp3) is 0.200. The molecule has 106 valence electrons. The van der Waals surface area contributed by atoms with Crippen molar-refractivity contribution in [1.82, 2.24) is 0 Å². The Balaban J connectivity index is 1.78. The lowest BCUT2D eigenvalue weighted by Crippen LogP contribution is -2.25. The SMILES string of the molecule is Nc1ccccc1OCC(O)COc1cccc(Br)c1. The van der Waals surface area contributed by atoms with Gasteiger partial charge in [-0.1, -0.05) is 34.1 Å². The van der Waals surface area contributed by atoms with Gasteiger partial charge in [0.15, 0.2) is 0 Å². The van der Waals surface area contributed by atoms with Crippen molar-refractivity contribution in [2.24, 2.45) is 0 Å². The molecule has 2 rings (SSSR count). The first-order chi connectivity index (χ1) is 9.65. The third kappa shape index (κ3) is 4.43. The smallest absolute Gasteiger partial charge is 0.142 e. The lowest BCUT2D eigenvalue weighted by molar-refractivity contribution is 0.0629. The molecule has 20 heavy (non-hydrogen) atoms. The molecule has 2 aromatic rings. The molecular weight excluding hydrogens is 322 g/mol. The van der Waals surface area contributed by atoms with E-state index in [0.29, 0.717) is 17.2 Å². The van der Waals surface area contributed by atoms with Gasteiger partial charge in [-0.05, 0) is 30.3 Å². The minimum absolute atomic E-state index is 0.127. The maximum atomic E-state index is 9.83. The maximum absolute atomic E-state index is 9.83. The number of aliphatic hydroxyl groups is 1. The summed E-state index contributed by atoms with van der Waals surface area (Å²) < 4.78 is 11.9. The topological polar surface area (TPSA) is 64.7 Å². The number of aliphatic hydroxyl groups excluding tert-OH is 1. The van der Waals surface area contributed by atoms with Crippen molar-refractivity contribution in [1.29, 1.82) is 0 Å². The molecule has 0 radical (unpaired) electrons. The molecule has 0 heterocycles. The lowest BCUT2D eigenvalue weighted by Gasteiger charge is -2.14. The van der Waals surface area contributed by atoms with Gasteiger partial charge in [0.05, 0.1) is 5.69 Å². The molecule has 0 aliphatic carbocycles. The van der Waals surface area contributed by atoms with Crippen LogP contribution >= 0.6 is 15.9 Å². The summed E-state index contributed by atoms with van der Waals surface area (Å²) >= 11 is 3.36. The molecule has 0 amide bonds. The molecule has 0 saturated heterocycles. The summed E-state index contributed by atoms with van der Waals surface area (Å²) in [6.45, 7) is 0.283. The summed E-state index contributed by atoms with van der Waals surface area (Å²) in [5, 5.41) is 9.83. The highest BCUT2D eigenvalue weighted by atomic mass is 79.9. The monoisotopic (exact) mass is 337 g/mol. The first-order valence-electron chi connectivity index (χ1n) is 6.19. The number of anilines is 1. The first-order valence-corrected chi connectivity index (χ1v) is 6.98. The summed E-state index contributed by atoms with van der Waals surface area (Å²) in [4.78, 5) is 0. The number of hydrogen-bond acceptors (Lipinski definition) is 4. The number of para-hydroxylation sites is 2. The molecule has 1 unspecified atom stereocenters. The van der Waals surface area contributed by atoms with Gasteiger partial charge in [0.25, 0.3) is 0 Å². The van der Waals surface area contributed by atoms with Crippen LogP contribution in [0.4, 0.5) is 5.69 Å². The van der Waals surface area contributed by atoms with E-state index < -0.39 is 6.10 Å². The predicted molar refractivity (Wildman–Crippen MR) is 82.0 cm³/mol. The Morgan fingerprint density at radius 2 is 1.80 bits per heavy atom. The van der Waals surface area contributed by atoms with Crippen molar-refractivity contribution < 1.29 is 14.6 Å². The Hall–Kier alpha value is -1.72. The van der Waals surface area contributed by atoms with Crippen molar-refractivity contribution >= 4 is 21.6 Å². The fourth-order valence-corrected chi connectivity index (χ4v) is 1.97. The highest BCUT2D eigenvalue weighted by molar-refractivity contribution is 9.10. The van der Waals surface area contributed by atoms with Crippen molar-refractivity contribution in [2.45, 2.75) is 6.10 Å². The Labute approximate surface area is 126 Å². The first kappa shape index (κ1) is 14.7. The van der Waals surface area contributed by atoms with Gasteiger partial charge in [-0.2, -0.15) is 0 Å². The molecule has 1 atom stereocenters. The molecule has 2 aromatic carbocycles. The minimum Gasteiger partial charge on any atom is -0.491 e. The summed E-state index contributed by atoms with van der Waals surface area (Å²) in [6.07, 6.45) is -0.728. The van der Waals surface area contributed by atoms with Crippen LogP contribution in [0.5, 0.6) is 11.5 Å². The Bertz CT molecular complexity index is 562. The molecule has 0 fully saturated rings. The molecular formula is C15H16BrNO3. The van der Waals surface area contributed by atoms with Gasteiger partial charge in [-0.15, -0.1) is 0 Å². The van der Waals surface area contributed by atoms with Crippen LogP contribution in [0, 0.1) is 0 Å². The number of benzene rings is 2. The van der Waals surface area contributed by atoms with E-state index in [4.69, 9.17) is 15.2 Å². The zero-order chi connectivity index (χ0) is 14.4. The van der Waals surface area contributed by atoms with Crippen LogP contribution in [0.15, 0.2) is 53.0 Å². The second-order valence-electron chi connectivity index (χ2n) is 4.27. The van der Waals surface area contributed by atoms with Gasteiger partial charge < -0.3 is 20.3 Å². The van der Waals surface area contributed by atoms with Crippen LogP contribution in [0.25, 0.3) is 0 Å². The predicted octanol–water partition coefficient (Wildman–Crippen LogP) is 2.85. The molecule has 4 nitrogen and oxygen atoms in total. The van der Waals surface area contributed by atoms with Crippen molar-refractivity contribution in [2.75, 3.05) is 18.9 Å². The highest BCUT2D eigenvalue weighted by Crippen LogP contribution is 2.20. The Morgan fingerprint density at radius 3 is 2.55 bits per heavy atom. The van der Waals surface area contributed by atoms with Gasteiger partial charge >= 0.3 is 0 Å². The number of rotatable bonds is 6. The van der Waals surface area contributed by atoms with Crippen LogP contribution in [0.3, 0.4) is 0 Å². The maximum Gasteiger partial charge on any atom is 0.142 e. The quantitative estimate of drug-likeness (QED) is 0.795. The number of ether oxygens (including phenoxy) is 2. The van der Waals surface area contributed by atoms with Gasteiger partial charge in [-0.25, -0.2) is 0 Å². The zero-order valence-corrected chi connectivity index (χ0v) is 12.4. The van der Waals surface area contributed by atoms with Crippen molar-refractivity contribution in [3.05, 3.63) is 53.0 Å². The van der Waals surface area contributed by atoms with Crippen LogP contribution in [-0.4, -0.2) is 24.4 Å². The van der Waals surface area contributed by atoms with E-state index in [1.807, 2.05) is 36.4 Å². The Morgan fingerprint density at radius 1 is 1.05 bits per heavy atom. The Kier molecular flexibility index (Phi) is 5.26. The molecule has 0 aliphatic heterocycles. The van der Waals surface area contributed by atoms with Crippen LogP contribution in [-0.2, 0) is 0 Å². The largest absolute Gasteiger partial charge is 0.491 e. The highest BCUT2D eigenvalue weighted by Gasteiger charge is 2.08. The average Bonchev–Trinajstić information content (AvgIpc) is 2.44. The fourth-order valence-electron chi connectivity index (χ4n) is 1.60. The van der Waals surface area contributed by atoms with E-state index in [2.05, 4.69) is 15.9 Å². The third-order valence-electron chi connectivity index (χ3n) is 2.59. The van der Waals surface area contributed by atoms with E-state index in [0.717, 1.165) is 4.47 Å². The van der Waals surface area contributed by atoms with Crippen LogP contribution < -0.4 is 15.2 Å². The normalized spacial score (nSPS) is 11.9. The molecule has 0 aliphatic rings. The standard InChI is InChI=1S/C15H16BrNO3/c16-11-4-3-5-13(8-11)19-9-12(18)10-20-15-7-2-1-6-14(15)17/h1-8,12,18H,9-10,17H2. The number of nitrogen functional groups attached to an aromatic ring is 1. The molecule has 0 aromatic heterocycles. The van der Waals surface area contributed by atoms with Gasteiger partial charge in [-0.3, -0.25) is 0 Å². The van der Waals surface area contributed by atoms with E-state index in [1.165, 1.54) is 0 Å². The molecule has 3 N–H and O–H groups in total. The van der Waals surface area contributed by atoms with Crippen LogP contribution in [0.1, 0.15) is 0 Å². The average molecular weight is 338 g/mol. The van der Waals surface area contributed by atoms with Gasteiger partial charge in [0, 0.05) is 4.47 Å². The van der Waals surface area contributed by atoms with E-state index in [-0.39, 0.29) is 13.2 Å². The molecule has 0 spiro atoms. The third-order valence-corrected chi connectivity index (χ3v) is 3.08. The summed E-state index contributed by atoms with van der Waals surface area (Å²) in [6, 6.07) is 14.6. The number of hydrogen-bond donors (Lipinski definition) is 2. The zero-order valence-electron chi connectivity index (χ0n) is 10.8. The number of nitrogens with two attached hydrogens (primary N) is 1. The van der Waals surface area contributed by atoms with Crippen molar-refractivity contribution in [3.8, 4) is 11.5 Å². The molecule has 0 bridgehead atoms. The molecule has 0 saturated carbocycles. The van der Waals surface area contributed by atoms with Crippen molar-refractivity contribution in [3.63, 3.8) is 0 Å². The second-order valence-corrected chi connectivity index (χ2v) is 5.19. The minimum atomic E-state index is -0.728. The number of halogens is 1. The summed E-state index contributed by atoms with van der Waals surface area (Å²) in [5.74, 6) is 1.26. The van der Waals surface area contributed by atoms with E-state index >= 15 is 0 Å². The summed E-state index contributed by atoms with van der Waals surface area (Å²) in [7, 11) is 0.